The number of anilines is 2. The molecule has 1 aliphatic heterocycles. The number of aromatic nitrogens is 2. The standard InChI is InChI=1S/C24H35ClN6O2/c1-32-12-9-27-17-5-6-18(13-17)30-23-14-19(20(25)15-28-23)21-3-2-4-22(31-21)29-16-24(26)7-10-33-11-8-24/h2-4,14-15,17-18,27H,5-13,16,26H2,1H3,(H,28,30)(H,29,31)/t17-,18-/m1/s1. The van der Waals surface area contributed by atoms with Crippen LogP contribution >= 0.6 is 11.6 Å². The molecule has 0 bridgehead atoms. The molecule has 0 aromatic carbocycles. The van der Waals surface area contributed by atoms with Crippen molar-refractivity contribution in [3.05, 3.63) is 35.5 Å². The Balaban J connectivity index is 1.39. The van der Waals surface area contributed by atoms with E-state index in [0.29, 0.717) is 36.9 Å². The average Bonchev–Trinajstić information content (AvgIpc) is 3.27. The minimum atomic E-state index is -0.265. The third-order valence-electron chi connectivity index (χ3n) is 6.51. The van der Waals surface area contributed by atoms with Gasteiger partial charge in [0.1, 0.15) is 11.6 Å². The highest BCUT2D eigenvalue weighted by Gasteiger charge is 2.28. The molecule has 1 aliphatic carbocycles. The molecule has 180 valence electrons. The predicted molar refractivity (Wildman–Crippen MR) is 133 cm³/mol. The van der Waals surface area contributed by atoms with Crippen LogP contribution in [0.4, 0.5) is 11.6 Å². The van der Waals surface area contributed by atoms with Gasteiger partial charge in [-0.3, -0.25) is 0 Å². The van der Waals surface area contributed by atoms with Gasteiger partial charge >= 0.3 is 0 Å². The number of nitrogens with two attached hydrogens (primary N) is 1. The van der Waals surface area contributed by atoms with E-state index in [2.05, 4.69) is 20.9 Å². The van der Waals surface area contributed by atoms with Crippen molar-refractivity contribution in [1.29, 1.82) is 0 Å². The molecule has 5 N–H and O–H groups in total. The molecule has 0 amide bonds. The van der Waals surface area contributed by atoms with Crippen molar-refractivity contribution in [1.82, 2.24) is 15.3 Å². The van der Waals surface area contributed by atoms with E-state index in [1.807, 2.05) is 24.3 Å². The fraction of sp³-hybridized carbons (Fsp3) is 0.583. The number of nitrogens with zero attached hydrogens (tertiary/aromatic N) is 2. The molecule has 2 atom stereocenters. The van der Waals surface area contributed by atoms with Crippen LogP contribution in [0, 0.1) is 0 Å². The van der Waals surface area contributed by atoms with Crippen LogP contribution in [0.3, 0.4) is 0 Å². The van der Waals surface area contributed by atoms with E-state index in [1.54, 1.807) is 13.3 Å². The summed E-state index contributed by atoms with van der Waals surface area (Å²) in [6, 6.07) is 8.78. The van der Waals surface area contributed by atoms with E-state index in [0.717, 1.165) is 68.1 Å². The molecule has 2 aromatic heterocycles. The molecule has 0 unspecified atom stereocenters. The van der Waals surface area contributed by atoms with E-state index in [4.69, 9.17) is 31.8 Å². The summed E-state index contributed by atoms with van der Waals surface area (Å²) in [5.74, 6) is 1.60. The molecule has 2 fully saturated rings. The van der Waals surface area contributed by atoms with E-state index in [1.165, 1.54) is 0 Å². The zero-order valence-corrected chi connectivity index (χ0v) is 20.0. The van der Waals surface area contributed by atoms with Crippen molar-refractivity contribution in [2.24, 2.45) is 5.73 Å². The quantitative estimate of drug-likeness (QED) is 0.389. The van der Waals surface area contributed by atoms with Gasteiger partial charge < -0.3 is 31.2 Å². The number of ether oxygens (including phenoxy) is 2. The zero-order valence-electron chi connectivity index (χ0n) is 19.3. The lowest BCUT2D eigenvalue weighted by Gasteiger charge is -2.33. The van der Waals surface area contributed by atoms with Gasteiger partial charge in [0, 0.05) is 62.8 Å². The third-order valence-corrected chi connectivity index (χ3v) is 6.82. The summed E-state index contributed by atoms with van der Waals surface area (Å²) < 4.78 is 10.6. The lowest BCUT2D eigenvalue weighted by atomic mass is 9.91. The number of halogens is 1. The van der Waals surface area contributed by atoms with Crippen LogP contribution in [0.25, 0.3) is 11.3 Å². The second kappa shape index (κ2) is 11.4. The molecule has 33 heavy (non-hydrogen) atoms. The van der Waals surface area contributed by atoms with Crippen LogP contribution in [0.15, 0.2) is 30.5 Å². The van der Waals surface area contributed by atoms with Gasteiger partial charge in [0.25, 0.3) is 0 Å². The van der Waals surface area contributed by atoms with Crippen molar-refractivity contribution in [2.75, 3.05) is 50.7 Å². The summed E-state index contributed by atoms with van der Waals surface area (Å²) in [4.78, 5) is 9.29. The Morgan fingerprint density at radius 1 is 1.21 bits per heavy atom. The molecule has 2 aromatic rings. The minimum absolute atomic E-state index is 0.265. The second-order valence-corrected chi connectivity index (χ2v) is 9.49. The molecule has 0 spiro atoms. The van der Waals surface area contributed by atoms with Crippen LogP contribution in [0.2, 0.25) is 5.02 Å². The largest absolute Gasteiger partial charge is 0.383 e. The second-order valence-electron chi connectivity index (χ2n) is 9.08. The lowest BCUT2D eigenvalue weighted by Crippen LogP contribution is -2.50. The van der Waals surface area contributed by atoms with Crippen LogP contribution < -0.4 is 21.7 Å². The Morgan fingerprint density at radius 2 is 2.03 bits per heavy atom. The highest BCUT2D eigenvalue weighted by molar-refractivity contribution is 6.33. The van der Waals surface area contributed by atoms with E-state index < -0.39 is 0 Å². The molecule has 4 rings (SSSR count). The van der Waals surface area contributed by atoms with E-state index in [9.17, 15) is 0 Å². The Kier molecular flexibility index (Phi) is 8.38. The molecule has 3 heterocycles. The fourth-order valence-electron chi connectivity index (χ4n) is 4.49. The summed E-state index contributed by atoms with van der Waals surface area (Å²) >= 11 is 6.51. The number of pyridine rings is 2. The van der Waals surface area contributed by atoms with Crippen LogP contribution in [-0.2, 0) is 9.47 Å². The van der Waals surface area contributed by atoms with Crippen LogP contribution in [0.5, 0.6) is 0 Å². The first-order valence-electron chi connectivity index (χ1n) is 11.8. The number of hydrogen-bond donors (Lipinski definition) is 4. The van der Waals surface area contributed by atoms with Crippen molar-refractivity contribution in [3.63, 3.8) is 0 Å². The topological polar surface area (TPSA) is 106 Å². The number of nitrogens with one attached hydrogen (secondary N) is 3. The third kappa shape index (κ3) is 6.77. The number of rotatable bonds is 10. The summed E-state index contributed by atoms with van der Waals surface area (Å²) in [6.45, 7) is 3.69. The van der Waals surface area contributed by atoms with Crippen molar-refractivity contribution < 1.29 is 9.47 Å². The molecular formula is C24H35ClN6O2. The van der Waals surface area contributed by atoms with Crippen LogP contribution in [-0.4, -0.2) is 67.6 Å². The molecule has 8 nitrogen and oxygen atoms in total. The maximum Gasteiger partial charge on any atom is 0.126 e. The van der Waals surface area contributed by atoms with E-state index >= 15 is 0 Å². The summed E-state index contributed by atoms with van der Waals surface area (Å²) in [5.41, 5.74) is 7.90. The van der Waals surface area contributed by atoms with Crippen LogP contribution in [0.1, 0.15) is 32.1 Å². The number of methoxy groups -OCH3 is 1. The summed E-state index contributed by atoms with van der Waals surface area (Å²) in [7, 11) is 1.73. The van der Waals surface area contributed by atoms with Gasteiger partial charge in [0.05, 0.1) is 17.3 Å². The van der Waals surface area contributed by atoms with Gasteiger partial charge in [-0.05, 0) is 50.3 Å². The average molecular weight is 475 g/mol. The first kappa shape index (κ1) is 24.2. The minimum Gasteiger partial charge on any atom is -0.383 e. The van der Waals surface area contributed by atoms with Gasteiger partial charge in [-0.15, -0.1) is 0 Å². The first-order chi connectivity index (χ1) is 16.0. The van der Waals surface area contributed by atoms with Gasteiger partial charge in [-0.1, -0.05) is 17.7 Å². The van der Waals surface area contributed by atoms with Crippen molar-refractivity contribution >= 4 is 23.2 Å². The highest BCUT2D eigenvalue weighted by Crippen LogP contribution is 2.30. The molecule has 9 heteroatoms. The van der Waals surface area contributed by atoms with E-state index in [-0.39, 0.29) is 5.54 Å². The van der Waals surface area contributed by atoms with Crippen molar-refractivity contribution in [2.45, 2.75) is 49.7 Å². The Bertz CT molecular complexity index is 908. The maximum atomic E-state index is 6.51. The Labute approximate surface area is 201 Å². The molecule has 0 radical (unpaired) electrons. The predicted octanol–water partition coefficient (Wildman–Crippen LogP) is 3.29. The van der Waals surface area contributed by atoms with Gasteiger partial charge in [-0.2, -0.15) is 0 Å². The molecule has 1 saturated heterocycles. The Morgan fingerprint density at radius 3 is 2.85 bits per heavy atom. The molecule has 2 aliphatic rings. The normalized spacial score (nSPS) is 22.3. The SMILES string of the molecule is COCCN[C@@H]1CC[C@@H](Nc2cc(-c3cccc(NCC4(N)CCOCC4)n3)c(Cl)cn2)C1. The fourth-order valence-corrected chi connectivity index (χ4v) is 4.69. The van der Waals surface area contributed by atoms with Crippen molar-refractivity contribution in [3.8, 4) is 11.3 Å². The van der Waals surface area contributed by atoms with Gasteiger partial charge in [0.2, 0.25) is 0 Å². The lowest BCUT2D eigenvalue weighted by molar-refractivity contribution is 0.0574. The Hall–Kier alpha value is -1.97. The summed E-state index contributed by atoms with van der Waals surface area (Å²) in [6.07, 6.45) is 6.69. The molecule has 1 saturated carbocycles. The van der Waals surface area contributed by atoms with Gasteiger partial charge in [0.15, 0.2) is 0 Å². The maximum absolute atomic E-state index is 6.51. The molecular weight excluding hydrogens is 440 g/mol. The highest BCUT2D eigenvalue weighted by atomic mass is 35.5. The van der Waals surface area contributed by atoms with Gasteiger partial charge in [-0.25, -0.2) is 9.97 Å². The zero-order chi connectivity index (χ0) is 23.1. The smallest absolute Gasteiger partial charge is 0.126 e. The summed E-state index contributed by atoms with van der Waals surface area (Å²) in [5, 5.41) is 11.1. The number of hydrogen-bond acceptors (Lipinski definition) is 8. The monoisotopic (exact) mass is 474 g/mol. The first-order valence-corrected chi connectivity index (χ1v) is 12.1.